The summed E-state index contributed by atoms with van der Waals surface area (Å²) in [7, 11) is 0. The molecule has 1 aliphatic heterocycles. The van der Waals surface area contributed by atoms with Crippen LogP contribution < -0.4 is 9.47 Å². The molecule has 0 bridgehead atoms. The van der Waals surface area contributed by atoms with Crippen LogP contribution in [0.3, 0.4) is 0 Å². The molecule has 0 unspecified atom stereocenters. The first kappa shape index (κ1) is 18.1. The minimum Gasteiger partial charge on any atom is -0.454 e. The predicted molar refractivity (Wildman–Crippen MR) is 108 cm³/mol. The number of fused-ring (bicyclic) bond motifs is 1. The maximum atomic E-state index is 13.3. The van der Waals surface area contributed by atoms with Crippen molar-refractivity contribution in [1.82, 2.24) is 4.90 Å². The maximum absolute atomic E-state index is 13.3. The number of hydrogen-bond donors (Lipinski definition) is 0. The topological polar surface area (TPSA) is 38.8 Å². The summed E-state index contributed by atoms with van der Waals surface area (Å²) in [6.07, 6.45) is 0.320. The third kappa shape index (κ3) is 4.01. The van der Waals surface area contributed by atoms with Crippen molar-refractivity contribution >= 4 is 5.91 Å². The van der Waals surface area contributed by atoms with E-state index in [1.54, 1.807) is 0 Å². The Morgan fingerprint density at radius 2 is 1.57 bits per heavy atom. The molecule has 28 heavy (non-hydrogen) atoms. The first-order chi connectivity index (χ1) is 13.7. The van der Waals surface area contributed by atoms with Gasteiger partial charge in [-0.25, -0.2) is 0 Å². The van der Waals surface area contributed by atoms with E-state index in [1.807, 2.05) is 59.5 Å². The van der Waals surface area contributed by atoms with Crippen LogP contribution in [-0.2, 0) is 17.8 Å². The Morgan fingerprint density at radius 3 is 2.32 bits per heavy atom. The SMILES string of the molecule is C[C@H](c1ccccc1)N(Cc1ccccc1)C(=O)Cc1ccc2c(c1)OCO2. The molecule has 4 rings (SSSR count). The lowest BCUT2D eigenvalue weighted by molar-refractivity contribution is -0.133. The molecule has 0 N–H and O–H groups in total. The number of amides is 1. The number of carbonyl (C=O) groups excluding carboxylic acids is 1. The molecule has 0 saturated heterocycles. The summed E-state index contributed by atoms with van der Waals surface area (Å²) in [6.45, 7) is 2.88. The van der Waals surface area contributed by atoms with Crippen molar-refractivity contribution in [2.75, 3.05) is 6.79 Å². The van der Waals surface area contributed by atoms with E-state index in [2.05, 4.69) is 31.2 Å². The molecule has 0 aliphatic carbocycles. The number of hydrogen-bond acceptors (Lipinski definition) is 3. The third-order valence-corrected chi connectivity index (χ3v) is 5.06. The van der Waals surface area contributed by atoms with Gasteiger partial charge in [0, 0.05) is 6.54 Å². The van der Waals surface area contributed by atoms with Gasteiger partial charge in [0.05, 0.1) is 12.5 Å². The van der Waals surface area contributed by atoms with Crippen molar-refractivity contribution in [2.24, 2.45) is 0 Å². The van der Waals surface area contributed by atoms with Crippen LogP contribution in [0.15, 0.2) is 78.9 Å². The van der Waals surface area contributed by atoms with Crippen LogP contribution >= 0.6 is 0 Å². The number of benzene rings is 3. The van der Waals surface area contributed by atoms with Crippen LogP contribution in [0, 0.1) is 0 Å². The predicted octanol–water partition coefficient (Wildman–Crippen LogP) is 4.75. The summed E-state index contributed by atoms with van der Waals surface area (Å²) in [5, 5.41) is 0. The van der Waals surface area contributed by atoms with E-state index < -0.39 is 0 Å². The van der Waals surface area contributed by atoms with Crippen LogP contribution in [0.25, 0.3) is 0 Å². The molecule has 1 heterocycles. The molecule has 4 nitrogen and oxygen atoms in total. The number of carbonyl (C=O) groups is 1. The molecule has 1 aliphatic rings. The molecule has 142 valence electrons. The molecule has 0 radical (unpaired) electrons. The second-order valence-corrected chi connectivity index (χ2v) is 6.96. The van der Waals surface area contributed by atoms with Gasteiger partial charge in [0.25, 0.3) is 0 Å². The van der Waals surface area contributed by atoms with Crippen molar-refractivity contribution < 1.29 is 14.3 Å². The fourth-order valence-electron chi connectivity index (χ4n) is 3.46. The number of nitrogens with zero attached hydrogens (tertiary/aromatic N) is 1. The quantitative estimate of drug-likeness (QED) is 0.626. The molecule has 1 amide bonds. The minimum absolute atomic E-state index is 0.0251. The Balaban J connectivity index is 1.57. The van der Waals surface area contributed by atoms with Crippen LogP contribution in [-0.4, -0.2) is 17.6 Å². The molecule has 0 saturated carbocycles. The van der Waals surface area contributed by atoms with Gasteiger partial charge in [0.2, 0.25) is 12.7 Å². The van der Waals surface area contributed by atoms with Crippen molar-refractivity contribution in [2.45, 2.75) is 25.9 Å². The largest absolute Gasteiger partial charge is 0.454 e. The third-order valence-electron chi connectivity index (χ3n) is 5.06. The van der Waals surface area contributed by atoms with Gasteiger partial charge in [-0.3, -0.25) is 4.79 Å². The van der Waals surface area contributed by atoms with Gasteiger partial charge in [0.1, 0.15) is 0 Å². The Kier molecular flexibility index (Phi) is 5.29. The van der Waals surface area contributed by atoms with Crippen molar-refractivity contribution in [3.8, 4) is 11.5 Å². The van der Waals surface area contributed by atoms with Gasteiger partial charge in [-0.15, -0.1) is 0 Å². The van der Waals surface area contributed by atoms with Crippen LogP contribution in [0.4, 0.5) is 0 Å². The van der Waals surface area contributed by atoms with E-state index in [4.69, 9.17) is 9.47 Å². The monoisotopic (exact) mass is 373 g/mol. The lowest BCUT2D eigenvalue weighted by Gasteiger charge is -2.30. The summed E-state index contributed by atoms with van der Waals surface area (Å²) in [6, 6.07) is 25.9. The Morgan fingerprint density at radius 1 is 0.893 bits per heavy atom. The van der Waals surface area contributed by atoms with Gasteiger partial charge in [-0.05, 0) is 35.7 Å². The Labute approximate surface area is 165 Å². The van der Waals surface area contributed by atoms with E-state index in [0.29, 0.717) is 18.7 Å². The zero-order valence-electron chi connectivity index (χ0n) is 15.9. The summed E-state index contributed by atoms with van der Waals surface area (Å²) < 4.78 is 10.8. The van der Waals surface area contributed by atoms with Gasteiger partial charge < -0.3 is 14.4 Å². The number of rotatable bonds is 6. The maximum Gasteiger partial charge on any atom is 0.231 e. The molecule has 0 aromatic heterocycles. The van der Waals surface area contributed by atoms with E-state index in [1.165, 1.54) is 0 Å². The first-order valence-corrected chi connectivity index (χ1v) is 9.47. The van der Waals surface area contributed by atoms with E-state index in [-0.39, 0.29) is 18.7 Å². The van der Waals surface area contributed by atoms with E-state index in [9.17, 15) is 4.79 Å². The average Bonchev–Trinajstić information content (AvgIpc) is 3.21. The van der Waals surface area contributed by atoms with Crippen LogP contribution in [0.2, 0.25) is 0 Å². The zero-order valence-corrected chi connectivity index (χ0v) is 15.9. The first-order valence-electron chi connectivity index (χ1n) is 9.47. The summed E-state index contributed by atoms with van der Waals surface area (Å²) >= 11 is 0. The molecule has 3 aromatic rings. The molecule has 4 heteroatoms. The Hall–Kier alpha value is -3.27. The van der Waals surface area contributed by atoms with Gasteiger partial charge in [-0.1, -0.05) is 66.7 Å². The van der Waals surface area contributed by atoms with Gasteiger partial charge in [0.15, 0.2) is 11.5 Å². The highest BCUT2D eigenvalue weighted by Crippen LogP contribution is 2.33. The second kappa shape index (κ2) is 8.17. The molecular weight excluding hydrogens is 350 g/mol. The summed E-state index contributed by atoms with van der Waals surface area (Å²) in [4.78, 5) is 15.2. The highest BCUT2D eigenvalue weighted by atomic mass is 16.7. The fourth-order valence-corrected chi connectivity index (χ4v) is 3.46. The second-order valence-electron chi connectivity index (χ2n) is 6.96. The highest BCUT2D eigenvalue weighted by molar-refractivity contribution is 5.79. The molecular formula is C24H23NO3. The van der Waals surface area contributed by atoms with E-state index >= 15 is 0 Å². The minimum atomic E-state index is -0.0251. The van der Waals surface area contributed by atoms with Gasteiger partial charge in [-0.2, -0.15) is 0 Å². The standard InChI is InChI=1S/C24H23NO3/c1-18(21-10-6-3-7-11-21)25(16-19-8-4-2-5-9-19)24(26)15-20-12-13-22-23(14-20)28-17-27-22/h2-14,18H,15-17H2,1H3/t18-/m1/s1. The molecule has 1 atom stereocenters. The van der Waals surface area contributed by atoms with Crippen LogP contribution in [0.5, 0.6) is 11.5 Å². The lowest BCUT2D eigenvalue weighted by Crippen LogP contribution is -2.34. The van der Waals surface area contributed by atoms with Crippen molar-refractivity contribution in [3.05, 3.63) is 95.6 Å². The number of ether oxygens (including phenoxy) is 2. The van der Waals surface area contributed by atoms with E-state index in [0.717, 1.165) is 22.4 Å². The van der Waals surface area contributed by atoms with Crippen LogP contribution in [0.1, 0.15) is 29.7 Å². The molecule has 0 fully saturated rings. The lowest BCUT2D eigenvalue weighted by atomic mass is 10.0. The van der Waals surface area contributed by atoms with Crippen molar-refractivity contribution in [1.29, 1.82) is 0 Å². The summed E-state index contributed by atoms with van der Waals surface area (Å²) in [5.41, 5.74) is 3.16. The smallest absolute Gasteiger partial charge is 0.231 e. The summed E-state index contributed by atoms with van der Waals surface area (Å²) in [5.74, 6) is 1.52. The molecule has 0 spiro atoms. The normalized spacial score (nSPS) is 13.2. The highest BCUT2D eigenvalue weighted by Gasteiger charge is 2.23. The van der Waals surface area contributed by atoms with Gasteiger partial charge >= 0.3 is 0 Å². The Bertz CT molecular complexity index is 941. The average molecular weight is 373 g/mol. The van der Waals surface area contributed by atoms with Crippen molar-refractivity contribution in [3.63, 3.8) is 0 Å². The molecule has 3 aromatic carbocycles. The zero-order chi connectivity index (χ0) is 19.3. The fraction of sp³-hybridized carbons (Fsp3) is 0.208.